The Hall–Kier alpha value is -1.73. The smallest absolute Gasteiger partial charge is 0.240 e. The first-order valence-electron chi connectivity index (χ1n) is 5.19. The fourth-order valence-electron chi connectivity index (χ4n) is 1.39. The summed E-state index contributed by atoms with van der Waals surface area (Å²) in [5.41, 5.74) is 5.67. The molecule has 4 heteroatoms. The van der Waals surface area contributed by atoms with E-state index < -0.39 is 6.04 Å². The van der Waals surface area contributed by atoms with Gasteiger partial charge in [0.2, 0.25) is 5.91 Å². The molecular formula is C12H16N2O2. The van der Waals surface area contributed by atoms with E-state index in [-0.39, 0.29) is 12.3 Å². The molecular weight excluding hydrogens is 204 g/mol. The van der Waals surface area contributed by atoms with Crippen LogP contribution >= 0.6 is 0 Å². The van der Waals surface area contributed by atoms with E-state index >= 15 is 0 Å². The van der Waals surface area contributed by atoms with Crippen LogP contribution in [0, 0.1) is 12.3 Å². The molecule has 1 rings (SSSR count). The van der Waals surface area contributed by atoms with Gasteiger partial charge in [0.25, 0.3) is 0 Å². The Morgan fingerprint density at radius 2 is 2.50 bits per heavy atom. The molecule has 1 heterocycles. The van der Waals surface area contributed by atoms with Gasteiger partial charge in [-0.2, -0.15) is 0 Å². The van der Waals surface area contributed by atoms with Crippen LogP contribution in [0.25, 0.3) is 0 Å². The highest BCUT2D eigenvalue weighted by molar-refractivity contribution is 5.81. The molecule has 0 saturated heterocycles. The standard InChI is InChI=1S/C12H16N2O2/c1-3-6-11(13)12(15)14(4-2)9-10-7-5-8-16-10/h1,5,7-8,11H,4,6,9,13H2,2H3. The quantitative estimate of drug-likeness (QED) is 0.752. The minimum Gasteiger partial charge on any atom is -0.467 e. The molecule has 86 valence electrons. The summed E-state index contributed by atoms with van der Waals surface area (Å²) in [6, 6.07) is 2.98. The molecule has 0 fully saturated rings. The zero-order chi connectivity index (χ0) is 12.0. The maximum Gasteiger partial charge on any atom is 0.240 e. The second-order valence-corrected chi connectivity index (χ2v) is 3.45. The molecule has 1 aromatic heterocycles. The summed E-state index contributed by atoms with van der Waals surface area (Å²) in [5, 5.41) is 0. The van der Waals surface area contributed by atoms with Crippen molar-refractivity contribution in [1.82, 2.24) is 4.90 Å². The van der Waals surface area contributed by atoms with Gasteiger partial charge >= 0.3 is 0 Å². The Morgan fingerprint density at radius 3 is 3.00 bits per heavy atom. The van der Waals surface area contributed by atoms with Crippen molar-refractivity contribution in [3.8, 4) is 12.3 Å². The average Bonchev–Trinajstić information content (AvgIpc) is 2.78. The molecule has 1 atom stereocenters. The normalized spacial score (nSPS) is 11.8. The van der Waals surface area contributed by atoms with E-state index in [0.717, 1.165) is 5.76 Å². The third-order valence-corrected chi connectivity index (χ3v) is 2.28. The van der Waals surface area contributed by atoms with Crippen LogP contribution in [0.15, 0.2) is 22.8 Å². The predicted octanol–water partition coefficient (Wildman–Crippen LogP) is 0.979. The number of carbonyl (C=O) groups excluding carboxylic acids is 1. The van der Waals surface area contributed by atoms with E-state index in [9.17, 15) is 4.79 Å². The van der Waals surface area contributed by atoms with Crippen molar-refractivity contribution in [3.63, 3.8) is 0 Å². The average molecular weight is 220 g/mol. The fraction of sp³-hybridized carbons (Fsp3) is 0.417. The molecule has 0 bridgehead atoms. The van der Waals surface area contributed by atoms with Gasteiger partial charge in [-0.15, -0.1) is 12.3 Å². The van der Waals surface area contributed by atoms with Gasteiger partial charge in [-0.1, -0.05) is 0 Å². The van der Waals surface area contributed by atoms with Crippen molar-refractivity contribution in [2.24, 2.45) is 5.73 Å². The third-order valence-electron chi connectivity index (χ3n) is 2.28. The van der Waals surface area contributed by atoms with Gasteiger partial charge in [-0.3, -0.25) is 4.79 Å². The number of likely N-dealkylation sites (N-methyl/N-ethyl adjacent to an activating group) is 1. The number of nitrogens with two attached hydrogens (primary N) is 1. The molecule has 4 nitrogen and oxygen atoms in total. The molecule has 0 spiro atoms. The van der Waals surface area contributed by atoms with Crippen molar-refractivity contribution in [2.75, 3.05) is 6.54 Å². The first-order valence-corrected chi connectivity index (χ1v) is 5.19. The van der Waals surface area contributed by atoms with E-state index in [1.807, 2.05) is 13.0 Å². The number of hydrogen-bond donors (Lipinski definition) is 1. The maximum atomic E-state index is 11.9. The molecule has 2 N–H and O–H groups in total. The van der Waals surface area contributed by atoms with Crippen LogP contribution in [0.1, 0.15) is 19.1 Å². The number of terminal acetylenes is 1. The molecule has 1 aromatic rings. The number of amides is 1. The summed E-state index contributed by atoms with van der Waals surface area (Å²) in [5.74, 6) is 2.99. The van der Waals surface area contributed by atoms with Crippen LogP contribution in [0.4, 0.5) is 0 Å². The van der Waals surface area contributed by atoms with Gasteiger partial charge in [0, 0.05) is 13.0 Å². The maximum absolute atomic E-state index is 11.9. The Labute approximate surface area is 95.4 Å². The van der Waals surface area contributed by atoms with E-state index in [4.69, 9.17) is 16.6 Å². The molecule has 16 heavy (non-hydrogen) atoms. The highest BCUT2D eigenvalue weighted by Crippen LogP contribution is 2.07. The van der Waals surface area contributed by atoms with Gasteiger partial charge in [-0.25, -0.2) is 0 Å². The van der Waals surface area contributed by atoms with Crippen molar-refractivity contribution >= 4 is 5.91 Å². The lowest BCUT2D eigenvalue weighted by molar-refractivity contribution is -0.133. The molecule has 0 saturated carbocycles. The fourth-order valence-corrected chi connectivity index (χ4v) is 1.39. The second-order valence-electron chi connectivity index (χ2n) is 3.45. The SMILES string of the molecule is C#CCC(N)C(=O)N(CC)Cc1ccco1. The Morgan fingerprint density at radius 1 is 1.75 bits per heavy atom. The lowest BCUT2D eigenvalue weighted by atomic mass is 10.2. The van der Waals surface area contributed by atoms with Crippen molar-refractivity contribution in [1.29, 1.82) is 0 Å². The lowest BCUT2D eigenvalue weighted by Crippen LogP contribution is -2.43. The summed E-state index contributed by atoms with van der Waals surface area (Å²) in [7, 11) is 0. The van der Waals surface area contributed by atoms with Crippen LogP contribution in [0.5, 0.6) is 0 Å². The Balaban J connectivity index is 2.61. The van der Waals surface area contributed by atoms with E-state index in [2.05, 4.69) is 5.92 Å². The van der Waals surface area contributed by atoms with Crippen molar-refractivity contribution < 1.29 is 9.21 Å². The van der Waals surface area contributed by atoms with Gasteiger partial charge < -0.3 is 15.1 Å². The predicted molar refractivity (Wildman–Crippen MR) is 61.2 cm³/mol. The second kappa shape index (κ2) is 5.99. The first-order chi connectivity index (χ1) is 7.69. The van der Waals surface area contributed by atoms with Crippen LogP contribution in [-0.2, 0) is 11.3 Å². The first kappa shape index (κ1) is 12.3. The molecule has 1 unspecified atom stereocenters. The number of carbonyl (C=O) groups is 1. The van der Waals surface area contributed by atoms with Gasteiger partial charge in [0.05, 0.1) is 18.8 Å². The molecule has 0 aliphatic rings. The largest absolute Gasteiger partial charge is 0.467 e. The molecule has 0 aliphatic carbocycles. The van der Waals surface area contributed by atoms with E-state index in [1.54, 1.807) is 17.2 Å². The highest BCUT2D eigenvalue weighted by atomic mass is 16.3. The minimum atomic E-state index is -0.625. The van der Waals surface area contributed by atoms with E-state index in [1.165, 1.54) is 0 Å². The van der Waals surface area contributed by atoms with Crippen LogP contribution in [0.3, 0.4) is 0 Å². The van der Waals surface area contributed by atoms with Gasteiger partial charge in [0.1, 0.15) is 5.76 Å². The van der Waals surface area contributed by atoms with Crippen LogP contribution in [-0.4, -0.2) is 23.4 Å². The number of hydrogen-bond acceptors (Lipinski definition) is 3. The van der Waals surface area contributed by atoms with Crippen molar-refractivity contribution in [3.05, 3.63) is 24.2 Å². The zero-order valence-electron chi connectivity index (χ0n) is 9.35. The minimum absolute atomic E-state index is 0.142. The van der Waals surface area contributed by atoms with Crippen LogP contribution in [0.2, 0.25) is 0 Å². The van der Waals surface area contributed by atoms with Gasteiger partial charge in [-0.05, 0) is 19.1 Å². The Bertz CT molecular complexity index is 365. The van der Waals surface area contributed by atoms with Gasteiger partial charge in [0.15, 0.2) is 0 Å². The molecule has 0 aliphatic heterocycles. The monoisotopic (exact) mass is 220 g/mol. The summed E-state index contributed by atoms with van der Waals surface area (Å²) < 4.78 is 5.18. The van der Waals surface area contributed by atoms with Crippen molar-refractivity contribution in [2.45, 2.75) is 25.9 Å². The topological polar surface area (TPSA) is 59.5 Å². The molecule has 1 amide bonds. The lowest BCUT2D eigenvalue weighted by Gasteiger charge is -2.22. The number of furan rings is 1. The number of nitrogens with zero attached hydrogens (tertiary/aromatic N) is 1. The zero-order valence-corrected chi connectivity index (χ0v) is 9.35. The Kier molecular flexibility index (Phi) is 4.62. The van der Waals surface area contributed by atoms with Crippen LogP contribution < -0.4 is 5.73 Å². The summed E-state index contributed by atoms with van der Waals surface area (Å²) in [6.07, 6.45) is 6.96. The summed E-state index contributed by atoms with van der Waals surface area (Å²) in [4.78, 5) is 13.5. The summed E-state index contributed by atoms with van der Waals surface area (Å²) >= 11 is 0. The molecule has 0 aromatic carbocycles. The van der Waals surface area contributed by atoms with E-state index in [0.29, 0.717) is 13.1 Å². The highest BCUT2D eigenvalue weighted by Gasteiger charge is 2.19. The number of rotatable bonds is 5. The summed E-state index contributed by atoms with van der Waals surface area (Å²) in [6.45, 7) is 2.90. The third kappa shape index (κ3) is 3.14. The molecule has 0 radical (unpaired) electrons.